The molecule has 6 N–H and O–H groups in total. The molecule has 11 unspecified atom stereocenters. The molecule has 0 radical (unpaired) electrons. The second kappa shape index (κ2) is 25.8. The molecule has 9 heterocycles. The quantitative estimate of drug-likeness (QED) is 0.188. The van der Waals surface area contributed by atoms with E-state index in [-0.39, 0.29) is 70.1 Å². The zero-order valence-corrected chi connectivity index (χ0v) is 46.8. The Bertz CT molecular complexity index is 1960. The summed E-state index contributed by atoms with van der Waals surface area (Å²) in [5.74, 6) is 0.0885. The number of likely N-dealkylation sites (N-methyl/N-ethyl adjacent to an activating group) is 2. The van der Waals surface area contributed by atoms with Gasteiger partial charge in [-0.1, -0.05) is 27.7 Å². The highest BCUT2D eigenvalue weighted by atomic mass is 16.6. The summed E-state index contributed by atoms with van der Waals surface area (Å²) in [5.41, 5.74) is 4.47. The molecule has 0 aromatic rings. The van der Waals surface area contributed by atoms with Crippen LogP contribution >= 0.6 is 0 Å². The number of aliphatic hydroxyl groups excluding tert-OH is 2. The zero-order chi connectivity index (χ0) is 54.7. The lowest BCUT2D eigenvalue weighted by Crippen LogP contribution is -2.60. The van der Waals surface area contributed by atoms with Crippen LogP contribution in [0.3, 0.4) is 0 Å². The van der Waals surface area contributed by atoms with Crippen molar-refractivity contribution in [3.63, 3.8) is 0 Å². The summed E-state index contributed by atoms with van der Waals surface area (Å²) in [5, 5.41) is 25.2. The first kappa shape index (κ1) is 61.6. The first-order valence-corrected chi connectivity index (χ1v) is 26.3. The number of fused-ring (bicyclic) bond motifs is 3. The fraction of sp³-hybridized carbons (Fsp3) is 0.885. The van der Waals surface area contributed by atoms with Gasteiger partial charge in [-0.05, 0) is 73.9 Å². The minimum atomic E-state index is -0.771. The van der Waals surface area contributed by atoms with Gasteiger partial charge in [0.2, 0.25) is 5.78 Å². The van der Waals surface area contributed by atoms with Gasteiger partial charge >= 0.3 is 18.3 Å². The van der Waals surface area contributed by atoms with E-state index in [4.69, 9.17) is 33.1 Å². The van der Waals surface area contributed by atoms with Crippen LogP contribution in [-0.2, 0) is 19.0 Å². The Kier molecular flexibility index (Phi) is 21.8. The molecular weight excluding hydrogens is 937 g/mol. The first-order valence-electron chi connectivity index (χ1n) is 26.3. The van der Waals surface area contributed by atoms with Gasteiger partial charge in [0.05, 0.1) is 19.2 Å². The van der Waals surface area contributed by atoms with E-state index < -0.39 is 17.2 Å². The normalized spacial score (nSPS) is 39.0. The van der Waals surface area contributed by atoms with Gasteiger partial charge in [-0.15, -0.1) is 0 Å². The van der Waals surface area contributed by atoms with Crippen LogP contribution in [0.2, 0.25) is 0 Å². The van der Waals surface area contributed by atoms with E-state index in [9.17, 15) is 29.4 Å². The second-order valence-electron chi connectivity index (χ2n) is 24.4. The fourth-order valence-corrected chi connectivity index (χ4v) is 11.7. The van der Waals surface area contributed by atoms with Gasteiger partial charge < -0.3 is 75.0 Å². The number of hydrogen-bond donors (Lipinski definition) is 5. The number of amides is 3. The van der Waals surface area contributed by atoms with E-state index in [1.165, 1.54) is 0 Å². The minimum Gasteiger partial charge on any atom is -0.445 e. The number of ketones is 1. The minimum absolute atomic E-state index is 0.0885. The summed E-state index contributed by atoms with van der Waals surface area (Å²) >= 11 is 0. The molecule has 0 spiro atoms. The lowest BCUT2D eigenvalue weighted by atomic mass is 9.78. The number of piperidine rings is 6. The number of ether oxygens (including phenoxy) is 3. The number of carbonyl (C=O) groups is 4. The van der Waals surface area contributed by atoms with Crippen LogP contribution in [0.25, 0.3) is 9.69 Å². The number of carbonyl (C=O) groups excluding carboxylic acids is 4. The van der Waals surface area contributed by atoms with Crippen LogP contribution in [0.5, 0.6) is 0 Å². The Morgan fingerprint density at radius 1 is 0.575 bits per heavy atom. The maximum Gasteiger partial charge on any atom is 0.409 e. The monoisotopic (exact) mass is 1030 g/mol. The van der Waals surface area contributed by atoms with Crippen molar-refractivity contribution in [1.82, 2.24) is 44.9 Å². The second-order valence-corrected chi connectivity index (χ2v) is 24.4. The van der Waals surface area contributed by atoms with Crippen LogP contribution in [-0.4, -0.2) is 264 Å². The highest BCUT2D eigenvalue weighted by molar-refractivity contribution is 5.91. The van der Waals surface area contributed by atoms with Crippen molar-refractivity contribution in [2.45, 2.75) is 122 Å². The van der Waals surface area contributed by atoms with Crippen molar-refractivity contribution in [2.24, 2.45) is 27.4 Å². The number of aliphatic hydroxyl groups is 2. The number of hydrogen-bond acceptors (Lipinski definition) is 16. The van der Waals surface area contributed by atoms with Crippen molar-refractivity contribution in [3.8, 4) is 0 Å². The lowest BCUT2D eigenvalue weighted by Gasteiger charge is -2.49. The third kappa shape index (κ3) is 16.3. The maximum absolute atomic E-state index is 11.4. The van der Waals surface area contributed by atoms with Crippen molar-refractivity contribution < 1.29 is 43.6 Å². The summed E-state index contributed by atoms with van der Waals surface area (Å²) in [4.78, 5) is 66.0. The third-order valence-electron chi connectivity index (χ3n) is 16.6. The molecular formula is C52H94N12O9. The summed E-state index contributed by atoms with van der Waals surface area (Å²) < 4.78 is 16.0. The molecule has 9 rings (SSSR count). The summed E-state index contributed by atoms with van der Waals surface area (Å²) in [6.45, 7) is 39.7. The molecule has 416 valence electrons. The van der Waals surface area contributed by atoms with Gasteiger partial charge in [0.25, 0.3) is 11.1 Å². The molecule has 21 nitrogen and oxygen atoms in total. The molecule has 73 heavy (non-hydrogen) atoms. The first-order chi connectivity index (χ1) is 34.0. The lowest BCUT2D eigenvalue weighted by molar-refractivity contribution is -0.125. The SMILES string of the molecule is CN1CC2(C)CNCCC2OC1=O.CN1CCC(O)C(C)(CN)C1.CN1CCC2OC(=O)N(C)CC2(C)C1.CN1CCC2OC(=O)NCC2(C)C1.[C-]#[N+]C1(C)CN(C)CCC1=O.[C-]#[N+]C1(C)CN(C)CCC1O. The zero-order valence-electron chi connectivity index (χ0n) is 46.8. The van der Waals surface area contributed by atoms with E-state index in [0.29, 0.717) is 26.1 Å². The summed E-state index contributed by atoms with van der Waals surface area (Å²) in [6, 6.07) is 0. The Morgan fingerprint density at radius 3 is 1.56 bits per heavy atom. The largest absolute Gasteiger partial charge is 0.445 e. The van der Waals surface area contributed by atoms with Crippen molar-refractivity contribution in [2.75, 3.05) is 154 Å². The van der Waals surface area contributed by atoms with E-state index in [1.54, 1.807) is 30.8 Å². The van der Waals surface area contributed by atoms with Gasteiger partial charge in [-0.3, -0.25) is 14.6 Å². The van der Waals surface area contributed by atoms with E-state index >= 15 is 0 Å². The molecule has 11 atom stereocenters. The van der Waals surface area contributed by atoms with Crippen molar-refractivity contribution in [3.05, 3.63) is 22.8 Å². The number of rotatable bonds is 1. The van der Waals surface area contributed by atoms with Crippen LogP contribution in [0.15, 0.2) is 0 Å². The summed E-state index contributed by atoms with van der Waals surface area (Å²) in [7, 11) is 13.8. The van der Waals surface area contributed by atoms with Gasteiger partial charge in [-0.2, -0.15) is 0 Å². The van der Waals surface area contributed by atoms with Crippen LogP contribution in [0.4, 0.5) is 14.4 Å². The molecule has 3 amide bonds. The maximum atomic E-state index is 11.4. The molecule has 0 aromatic heterocycles. The molecule has 0 aliphatic carbocycles. The third-order valence-corrected chi connectivity index (χ3v) is 16.6. The Labute approximate surface area is 437 Å². The predicted octanol–water partition coefficient (Wildman–Crippen LogP) is 2.23. The number of nitrogens with two attached hydrogens (primary N) is 1. The van der Waals surface area contributed by atoms with E-state index in [2.05, 4.69) is 81.8 Å². The smallest absolute Gasteiger partial charge is 0.409 e. The molecule has 0 saturated carbocycles. The molecule has 9 aliphatic heterocycles. The highest BCUT2D eigenvalue weighted by Crippen LogP contribution is 2.37. The topological polar surface area (TPSA) is 218 Å². The molecule has 9 saturated heterocycles. The van der Waals surface area contributed by atoms with Crippen molar-refractivity contribution in [1.29, 1.82) is 0 Å². The molecule has 9 aliphatic rings. The van der Waals surface area contributed by atoms with Crippen LogP contribution < -0.4 is 16.4 Å². The summed E-state index contributed by atoms with van der Waals surface area (Å²) in [6.07, 6.45) is 4.02. The van der Waals surface area contributed by atoms with E-state index in [1.807, 2.05) is 32.8 Å². The number of alkyl carbamates (subject to hydrolysis) is 1. The molecule has 0 aromatic carbocycles. The number of nitrogens with one attached hydrogen (secondary N) is 2. The fourth-order valence-electron chi connectivity index (χ4n) is 11.7. The average molecular weight is 1030 g/mol. The van der Waals surface area contributed by atoms with Crippen molar-refractivity contribution >= 4 is 24.1 Å². The van der Waals surface area contributed by atoms with Gasteiger partial charge in [0.15, 0.2) is 0 Å². The predicted molar refractivity (Wildman–Crippen MR) is 281 cm³/mol. The highest BCUT2D eigenvalue weighted by Gasteiger charge is 2.49. The van der Waals surface area contributed by atoms with Gasteiger partial charge in [0.1, 0.15) is 24.4 Å². The Hall–Kier alpha value is -3.90. The molecule has 21 heteroatoms. The van der Waals surface area contributed by atoms with Crippen LogP contribution in [0, 0.1) is 34.8 Å². The Balaban J connectivity index is 0.000000190. The number of likely N-dealkylation sites (tertiary alicyclic amines) is 5. The van der Waals surface area contributed by atoms with Gasteiger partial charge in [-0.25, -0.2) is 27.5 Å². The average Bonchev–Trinajstić information content (AvgIpc) is 3.32. The Morgan fingerprint density at radius 2 is 1.04 bits per heavy atom. The standard InChI is InChI=1S/C10H18N2O2.2C9H16N2O2.C8H14N2O.C8H12N2O.C8H18N2O/c1-10-6-11(2)5-4-8(10)14-9(13)12(3)7-10;1-9-5-10-8(12)13-7(9)3-4-11(2)6-9;1-9-5-10-4-3-7(9)13-8(12)11(2)6-9;2*1-8(9-2)6-10(3)5-4-7(8)11;1-8(5-9)6-10(2)4-3-7(8)11/h8H,4-7H2,1-3H3;7H,3-6H2,1-2H3,(H,10,12);7,10H,3-6H2,1-2H3;7,11H,4-6H2,1,3H3;4-6H2,1,3H3;7,11H,3-6,9H2,1-2H3. The van der Waals surface area contributed by atoms with E-state index in [0.717, 1.165) is 117 Å². The van der Waals surface area contributed by atoms with Crippen LogP contribution in [0.1, 0.15) is 80.1 Å². The number of Topliss-reactive ketones (excluding diaryl/α,β-unsaturated/α-hetero) is 1. The molecule has 9 fully saturated rings. The number of nitrogens with zero attached hydrogens (tertiary/aromatic N) is 9. The molecule has 0 bridgehead atoms. The van der Waals surface area contributed by atoms with Gasteiger partial charge in [0, 0.05) is 141 Å².